The predicted octanol–water partition coefficient (Wildman–Crippen LogP) is 3.77. The van der Waals surface area contributed by atoms with Crippen molar-refractivity contribution >= 4 is 23.3 Å². The van der Waals surface area contributed by atoms with Gasteiger partial charge in [0.2, 0.25) is 11.6 Å². The molecule has 0 radical (unpaired) electrons. The first-order valence-electron chi connectivity index (χ1n) is 5.06. The molecule has 0 aliphatic carbocycles. The minimum absolute atomic E-state index is 0.172. The first kappa shape index (κ1) is 13.5. The van der Waals surface area contributed by atoms with Crippen molar-refractivity contribution in [2.75, 3.05) is 5.73 Å². The van der Waals surface area contributed by atoms with Crippen molar-refractivity contribution in [3.63, 3.8) is 0 Å². The van der Waals surface area contributed by atoms with E-state index in [1.807, 2.05) is 0 Å². The van der Waals surface area contributed by atoms with Gasteiger partial charge in [-0.25, -0.2) is 0 Å². The van der Waals surface area contributed by atoms with Crippen LogP contribution in [0.25, 0.3) is 0 Å². The lowest BCUT2D eigenvalue weighted by atomic mass is 10.1. The minimum Gasteiger partial charge on any atom is -0.436 e. The zero-order valence-electron chi connectivity index (χ0n) is 9.29. The number of benzene rings is 1. The maximum atomic E-state index is 12.4. The lowest BCUT2D eigenvalue weighted by Gasteiger charge is -1.99. The Morgan fingerprint density at radius 2 is 1.79 bits per heavy atom. The van der Waals surface area contributed by atoms with E-state index in [0.717, 1.165) is 0 Å². The number of hydrogen-bond donors (Lipinski definition) is 1. The van der Waals surface area contributed by atoms with E-state index in [9.17, 15) is 18.0 Å². The molecule has 0 bridgehead atoms. The van der Waals surface area contributed by atoms with Crippen LogP contribution >= 0.6 is 11.6 Å². The number of nitrogen functional groups attached to an aromatic ring is 1. The molecular weight excluding hydrogens is 283 g/mol. The van der Waals surface area contributed by atoms with Gasteiger partial charge in [0, 0.05) is 16.7 Å². The fraction of sp³-hybridized carbons (Fsp3) is 0.0833. The van der Waals surface area contributed by atoms with Crippen LogP contribution in [0.1, 0.15) is 21.7 Å². The zero-order chi connectivity index (χ0) is 14.2. The fourth-order valence-corrected chi connectivity index (χ4v) is 1.61. The second kappa shape index (κ2) is 4.62. The monoisotopic (exact) mass is 289 g/mol. The molecule has 2 rings (SSSR count). The molecule has 0 unspecified atom stereocenters. The highest BCUT2D eigenvalue weighted by molar-refractivity contribution is 6.30. The number of carbonyl (C=O) groups is 1. The van der Waals surface area contributed by atoms with Gasteiger partial charge < -0.3 is 10.2 Å². The van der Waals surface area contributed by atoms with Gasteiger partial charge in [-0.1, -0.05) is 11.6 Å². The maximum absolute atomic E-state index is 12.4. The first-order valence-corrected chi connectivity index (χ1v) is 5.43. The van der Waals surface area contributed by atoms with Crippen molar-refractivity contribution in [1.82, 2.24) is 0 Å². The quantitative estimate of drug-likeness (QED) is 0.856. The van der Waals surface area contributed by atoms with E-state index < -0.39 is 23.6 Å². The number of nitrogens with two attached hydrogens (primary N) is 1. The number of furan rings is 1. The van der Waals surface area contributed by atoms with Crippen molar-refractivity contribution in [2.45, 2.75) is 6.18 Å². The van der Waals surface area contributed by atoms with Gasteiger partial charge in [-0.2, -0.15) is 13.2 Å². The second-order valence-electron chi connectivity index (χ2n) is 3.72. The Hall–Kier alpha value is -1.95. The number of ketones is 1. The lowest BCUT2D eigenvalue weighted by Crippen LogP contribution is -2.04. The largest absolute Gasteiger partial charge is 0.449 e. The molecule has 0 atom stereocenters. The summed E-state index contributed by atoms with van der Waals surface area (Å²) < 4.78 is 41.6. The average molecular weight is 290 g/mol. The molecule has 0 aliphatic rings. The van der Waals surface area contributed by atoms with E-state index in [4.69, 9.17) is 17.3 Å². The molecule has 1 aromatic heterocycles. The SMILES string of the molecule is Nc1oc(C(F)(F)F)cc1C(=O)c1ccc(Cl)cc1. The second-order valence-corrected chi connectivity index (χ2v) is 4.16. The molecule has 2 N–H and O–H groups in total. The third-order valence-corrected chi connectivity index (χ3v) is 2.64. The Bertz CT molecular complexity index is 617. The third-order valence-electron chi connectivity index (χ3n) is 2.39. The van der Waals surface area contributed by atoms with Gasteiger partial charge in [0.1, 0.15) is 0 Å². The van der Waals surface area contributed by atoms with Crippen molar-refractivity contribution in [2.24, 2.45) is 0 Å². The summed E-state index contributed by atoms with van der Waals surface area (Å²) in [5.74, 6) is -2.52. The van der Waals surface area contributed by atoms with Crippen LogP contribution in [-0.4, -0.2) is 5.78 Å². The van der Waals surface area contributed by atoms with Crippen molar-refractivity contribution in [3.05, 3.63) is 52.2 Å². The van der Waals surface area contributed by atoms with Crippen LogP contribution in [0.15, 0.2) is 34.7 Å². The minimum atomic E-state index is -4.69. The van der Waals surface area contributed by atoms with Gasteiger partial charge in [0.25, 0.3) is 0 Å². The highest BCUT2D eigenvalue weighted by Crippen LogP contribution is 2.34. The van der Waals surface area contributed by atoms with Crippen LogP contribution in [0.4, 0.5) is 19.1 Å². The lowest BCUT2D eigenvalue weighted by molar-refractivity contribution is -0.152. The number of halogens is 4. The number of rotatable bonds is 2. The van der Waals surface area contributed by atoms with E-state index in [-0.39, 0.29) is 11.1 Å². The highest BCUT2D eigenvalue weighted by Gasteiger charge is 2.37. The molecule has 0 aliphatic heterocycles. The van der Waals surface area contributed by atoms with Gasteiger partial charge in [0.15, 0.2) is 5.78 Å². The van der Waals surface area contributed by atoms with Gasteiger partial charge >= 0.3 is 6.18 Å². The molecule has 1 aromatic carbocycles. The third kappa shape index (κ3) is 2.73. The van der Waals surface area contributed by atoms with Crippen molar-refractivity contribution < 1.29 is 22.4 Å². The molecule has 0 saturated carbocycles. The van der Waals surface area contributed by atoms with Crippen molar-refractivity contribution in [3.8, 4) is 0 Å². The summed E-state index contributed by atoms with van der Waals surface area (Å²) in [4.78, 5) is 12.0. The molecule has 7 heteroatoms. The molecule has 3 nitrogen and oxygen atoms in total. The van der Waals surface area contributed by atoms with Crippen LogP contribution in [0.5, 0.6) is 0 Å². The number of carbonyl (C=O) groups excluding carboxylic acids is 1. The topological polar surface area (TPSA) is 56.2 Å². The Kier molecular flexibility index (Phi) is 3.28. The summed E-state index contributed by atoms with van der Waals surface area (Å²) >= 11 is 5.65. The molecule has 2 aromatic rings. The molecule has 0 fully saturated rings. The summed E-state index contributed by atoms with van der Waals surface area (Å²) in [6.07, 6.45) is -4.69. The molecule has 0 spiro atoms. The number of alkyl halides is 3. The van der Waals surface area contributed by atoms with Gasteiger partial charge in [-0.15, -0.1) is 0 Å². The molecule has 1 heterocycles. The fourth-order valence-electron chi connectivity index (χ4n) is 1.48. The smallest absolute Gasteiger partial charge is 0.436 e. The van der Waals surface area contributed by atoms with E-state index in [1.165, 1.54) is 24.3 Å². The average Bonchev–Trinajstić information content (AvgIpc) is 2.71. The molecule has 0 amide bonds. The Morgan fingerprint density at radius 1 is 1.21 bits per heavy atom. The van der Waals surface area contributed by atoms with E-state index in [0.29, 0.717) is 11.1 Å². The standard InChI is InChI=1S/C12H7ClF3NO2/c13-7-3-1-6(2-4-7)10(18)8-5-9(12(14,15)16)19-11(8)17/h1-5H,17H2. The predicted molar refractivity (Wildman–Crippen MR) is 63.0 cm³/mol. The summed E-state index contributed by atoms with van der Waals surface area (Å²) in [7, 11) is 0. The maximum Gasteiger partial charge on any atom is 0.449 e. The van der Waals surface area contributed by atoms with Crippen LogP contribution in [0.3, 0.4) is 0 Å². The molecule has 19 heavy (non-hydrogen) atoms. The van der Waals surface area contributed by atoms with Crippen LogP contribution in [0, 0.1) is 0 Å². The number of anilines is 1. The Labute approximate surface area is 110 Å². The highest BCUT2D eigenvalue weighted by atomic mass is 35.5. The van der Waals surface area contributed by atoms with E-state index in [2.05, 4.69) is 4.42 Å². The van der Waals surface area contributed by atoms with Gasteiger partial charge in [-0.3, -0.25) is 4.79 Å². The van der Waals surface area contributed by atoms with Gasteiger partial charge in [-0.05, 0) is 24.3 Å². The van der Waals surface area contributed by atoms with Crippen LogP contribution in [-0.2, 0) is 6.18 Å². The summed E-state index contributed by atoms with van der Waals surface area (Å²) in [6.45, 7) is 0. The van der Waals surface area contributed by atoms with E-state index >= 15 is 0 Å². The molecular formula is C12H7ClF3NO2. The molecule has 0 saturated heterocycles. The van der Waals surface area contributed by atoms with Crippen LogP contribution < -0.4 is 5.73 Å². The Morgan fingerprint density at radius 3 is 2.26 bits per heavy atom. The van der Waals surface area contributed by atoms with Crippen molar-refractivity contribution in [1.29, 1.82) is 0 Å². The Balaban J connectivity index is 2.39. The molecule has 100 valence electrons. The van der Waals surface area contributed by atoms with E-state index in [1.54, 1.807) is 0 Å². The zero-order valence-corrected chi connectivity index (χ0v) is 10.0. The summed E-state index contributed by atoms with van der Waals surface area (Å²) in [5, 5.41) is 0.410. The summed E-state index contributed by atoms with van der Waals surface area (Å²) in [6, 6.07) is 6.28. The number of hydrogen-bond acceptors (Lipinski definition) is 3. The normalized spacial score (nSPS) is 11.6. The van der Waals surface area contributed by atoms with Gasteiger partial charge in [0.05, 0.1) is 5.56 Å². The summed E-state index contributed by atoms with van der Waals surface area (Å²) in [5.41, 5.74) is 5.14. The first-order chi connectivity index (χ1) is 8.79. The van der Waals surface area contributed by atoms with Crippen LogP contribution in [0.2, 0.25) is 5.02 Å².